The summed E-state index contributed by atoms with van der Waals surface area (Å²) in [4.78, 5) is 15.1. The van der Waals surface area contributed by atoms with Gasteiger partial charge in [0, 0.05) is 21.6 Å². The molecule has 0 spiro atoms. The smallest absolute Gasteiger partial charge is 0.203 e. The number of benzene rings is 3. The second-order valence-corrected chi connectivity index (χ2v) is 12.2. The molecule has 1 aromatic heterocycles. The molecule has 0 aliphatic carbocycles. The molecule has 6 heteroatoms. The van der Waals surface area contributed by atoms with Crippen LogP contribution in [0, 0.1) is 5.41 Å². The van der Waals surface area contributed by atoms with E-state index in [9.17, 15) is 4.79 Å². The van der Waals surface area contributed by atoms with Gasteiger partial charge in [0.05, 0.1) is 24.1 Å². The lowest BCUT2D eigenvalue weighted by molar-refractivity contribution is 0.0971. The molecular formula is C30H34BrN3OS. The number of hydrogen-bond donors (Lipinski definition) is 1. The third-order valence-corrected chi connectivity index (χ3v) is 8.58. The minimum atomic E-state index is -0.0484. The Morgan fingerprint density at radius 2 is 1.58 bits per heavy atom. The highest BCUT2D eigenvalue weighted by molar-refractivity contribution is 8.93. The maximum absolute atomic E-state index is 13.7. The Morgan fingerprint density at radius 1 is 0.972 bits per heavy atom. The fourth-order valence-corrected chi connectivity index (χ4v) is 6.62. The van der Waals surface area contributed by atoms with Crippen LogP contribution in [0.4, 0.5) is 0 Å². The number of Topliss-reactive ketones (excluding diaryl/α,β-unsaturated/α-hetero) is 1. The topological polar surface area (TPSA) is 50.8 Å². The molecule has 0 saturated carbocycles. The van der Waals surface area contributed by atoms with Crippen LogP contribution >= 0.6 is 28.7 Å². The Labute approximate surface area is 228 Å². The predicted octanol–water partition coefficient (Wildman–Crippen LogP) is 7.11. The van der Waals surface area contributed by atoms with E-state index in [1.54, 1.807) is 0 Å². The number of carbonyl (C=O) groups is 1. The van der Waals surface area contributed by atoms with Crippen molar-refractivity contribution < 1.29 is 4.79 Å². The number of rotatable bonds is 5. The number of hydrogen-bond acceptors (Lipinski definition) is 3. The molecule has 4 nitrogen and oxygen atoms in total. The van der Waals surface area contributed by atoms with Crippen LogP contribution in [0.5, 0.6) is 0 Å². The van der Waals surface area contributed by atoms with Crippen LogP contribution in [-0.2, 0) is 23.9 Å². The van der Waals surface area contributed by atoms with E-state index >= 15 is 0 Å². The van der Waals surface area contributed by atoms with Gasteiger partial charge < -0.3 is 9.13 Å². The second kappa shape index (κ2) is 9.71. The fraction of sp³-hybridized carbons (Fsp3) is 0.333. The van der Waals surface area contributed by atoms with Crippen molar-refractivity contribution in [2.24, 2.45) is 0 Å². The van der Waals surface area contributed by atoms with Crippen LogP contribution in [0.3, 0.4) is 0 Å². The molecule has 2 heterocycles. The van der Waals surface area contributed by atoms with Gasteiger partial charge in [0.2, 0.25) is 5.62 Å². The average molecular weight is 565 g/mol. The van der Waals surface area contributed by atoms with Gasteiger partial charge >= 0.3 is 0 Å². The second-order valence-electron chi connectivity index (χ2n) is 11.2. The van der Waals surface area contributed by atoms with Gasteiger partial charge in [0.25, 0.3) is 0 Å². The number of nitrogens with one attached hydrogen (secondary N) is 1. The third-order valence-electron chi connectivity index (χ3n) is 6.99. The number of imidazole rings is 1. The van der Waals surface area contributed by atoms with Gasteiger partial charge in [-0.15, -0.1) is 28.7 Å². The van der Waals surface area contributed by atoms with Crippen molar-refractivity contribution in [3.05, 3.63) is 94.6 Å². The Morgan fingerprint density at radius 3 is 2.22 bits per heavy atom. The van der Waals surface area contributed by atoms with E-state index in [0.717, 1.165) is 27.9 Å². The van der Waals surface area contributed by atoms with Gasteiger partial charge in [-0.3, -0.25) is 10.2 Å². The highest BCUT2D eigenvalue weighted by atomic mass is 79.9. The Hall–Kier alpha value is -2.57. The monoisotopic (exact) mass is 563 g/mol. The molecule has 188 valence electrons. The van der Waals surface area contributed by atoms with E-state index in [1.807, 2.05) is 63.4 Å². The third kappa shape index (κ3) is 4.73. The quantitative estimate of drug-likeness (QED) is 0.263. The molecule has 0 radical (unpaired) electrons. The molecule has 0 fully saturated rings. The zero-order valence-corrected chi connectivity index (χ0v) is 24.1. The van der Waals surface area contributed by atoms with Crippen LogP contribution in [-0.4, -0.2) is 20.7 Å². The van der Waals surface area contributed by atoms with Crippen LogP contribution in [0.2, 0.25) is 0 Å². The molecule has 36 heavy (non-hydrogen) atoms. The van der Waals surface area contributed by atoms with E-state index in [4.69, 9.17) is 5.41 Å². The maximum Gasteiger partial charge on any atom is 0.203 e. The molecule has 0 amide bonds. The fourth-order valence-electron chi connectivity index (χ4n) is 4.95. The zero-order chi connectivity index (χ0) is 25.0. The summed E-state index contributed by atoms with van der Waals surface area (Å²) in [6, 6.07) is 22.4. The normalized spacial score (nSPS) is 14.5. The molecule has 1 aliphatic heterocycles. The zero-order valence-electron chi connectivity index (χ0n) is 21.6. The minimum absolute atomic E-state index is 0. The lowest BCUT2D eigenvalue weighted by Gasteiger charge is -2.25. The predicted molar refractivity (Wildman–Crippen MR) is 155 cm³/mol. The van der Waals surface area contributed by atoms with Gasteiger partial charge in [-0.2, -0.15) is 0 Å². The van der Waals surface area contributed by atoms with E-state index in [0.29, 0.717) is 12.2 Å². The average Bonchev–Trinajstić information content (AvgIpc) is 3.27. The summed E-state index contributed by atoms with van der Waals surface area (Å²) in [5.41, 5.74) is 6.62. The summed E-state index contributed by atoms with van der Waals surface area (Å²) < 4.78 is 3.84. The van der Waals surface area contributed by atoms with Crippen molar-refractivity contribution >= 4 is 45.6 Å². The molecule has 1 aliphatic rings. The molecule has 1 N–H and O–H groups in total. The standard InChI is InChI=1S/C30H33N3OS.BrH/c1-29(2,3)22-15-21(16-23-27(22)35-19-30(23,4)5)26(34)18-33-25-14-10-9-13-24(25)32(28(33)31)17-20-11-7-6-8-12-20;/h6-16,31H,17-19H2,1-5H3;1H. The first-order valence-corrected chi connectivity index (χ1v) is 13.2. The SMILES string of the molecule is Br.CC(C)(C)c1cc(C(=O)Cn2c(=N)n(Cc3ccccc3)c3ccccc32)cc2c1SCC2(C)C. The molecule has 0 unspecified atom stereocenters. The molecule has 3 aromatic carbocycles. The first kappa shape index (κ1) is 26.5. The molecule has 0 bridgehead atoms. The Kier molecular flexibility index (Phi) is 7.15. The summed E-state index contributed by atoms with van der Waals surface area (Å²) in [6.45, 7) is 11.9. The largest absolute Gasteiger partial charge is 0.306 e. The number of thioether (sulfide) groups is 1. The van der Waals surface area contributed by atoms with Gasteiger partial charge in [-0.1, -0.05) is 77.1 Å². The summed E-state index contributed by atoms with van der Waals surface area (Å²) in [5, 5.41) is 8.98. The Bertz CT molecular complexity index is 1490. The number of fused-ring (bicyclic) bond motifs is 2. The number of ketones is 1. The number of carbonyl (C=O) groups excluding carboxylic acids is 1. The highest BCUT2D eigenvalue weighted by Crippen LogP contribution is 2.48. The summed E-state index contributed by atoms with van der Waals surface area (Å²) >= 11 is 1.91. The van der Waals surface area contributed by atoms with Crippen molar-refractivity contribution in [2.75, 3.05) is 5.75 Å². The molecule has 5 rings (SSSR count). The van der Waals surface area contributed by atoms with Crippen molar-refractivity contribution in [3.8, 4) is 0 Å². The van der Waals surface area contributed by atoms with E-state index < -0.39 is 0 Å². The van der Waals surface area contributed by atoms with E-state index in [-0.39, 0.29) is 40.1 Å². The molecular weight excluding hydrogens is 530 g/mol. The van der Waals surface area contributed by atoms with Gasteiger partial charge in [-0.05, 0) is 46.4 Å². The highest BCUT2D eigenvalue weighted by Gasteiger charge is 2.35. The number of aromatic nitrogens is 2. The Balaban J connectivity index is 0.00000304. The van der Waals surface area contributed by atoms with Gasteiger partial charge in [0.15, 0.2) is 5.78 Å². The van der Waals surface area contributed by atoms with Crippen molar-refractivity contribution in [3.63, 3.8) is 0 Å². The van der Waals surface area contributed by atoms with Crippen molar-refractivity contribution in [1.82, 2.24) is 9.13 Å². The summed E-state index contributed by atoms with van der Waals surface area (Å²) in [5.74, 6) is 1.08. The molecule has 4 aromatic rings. The van der Waals surface area contributed by atoms with E-state index in [2.05, 4.69) is 58.9 Å². The summed E-state index contributed by atoms with van der Waals surface area (Å²) in [7, 11) is 0. The first-order chi connectivity index (χ1) is 16.6. The first-order valence-electron chi connectivity index (χ1n) is 12.2. The maximum atomic E-state index is 13.7. The van der Waals surface area contributed by atoms with Gasteiger partial charge in [-0.25, -0.2) is 0 Å². The molecule has 0 atom stereocenters. The molecule has 0 saturated heterocycles. The van der Waals surface area contributed by atoms with Crippen molar-refractivity contribution in [1.29, 1.82) is 5.41 Å². The number of para-hydroxylation sites is 2. The van der Waals surface area contributed by atoms with Crippen molar-refractivity contribution in [2.45, 2.75) is 63.4 Å². The lowest BCUT2D eigenvalue weighted by Crippen LogP contribution is -2.28. The van der Waals surface area contributed by atoms with E-state index in [1.165, 1.54) is 16.0 Å². The lowest BCUT2D eigenvalue weighted by atomic mass is 9.79. The van der Waals surface area contributed by atoms with Crippen LogP contribution in [0.15, 0.2) is 71.6 Å². The minimum Gasteiger partial charge on any atom is -0.306 e. The number of halogens is 1. The van der Waals surface area contributed by atoms with Crippen LogP contribution < -0.4 is 5.62 Å². The number of nitrogens with zero attached hydrogens (tertiary/aromatic N) is 2. The van der Waals surface area contributed by atoms with Crippen LogP contribution in [0.25, 0.3) is 11.0 Å². The summed E-state index contributed by atoms with van der Waals surface area (Å²) in [6.07, 6.45) is 0. The van der Waals surface area contributed by atoms with Gasteiger partial charge in [0.1, 0.15) is 0 Å². The van der Waals surface area contributed by atoms with Crippen LogP contribution in [0.1, 0.15) is 61.7 Å².